The highest BCUT2D eigenvalue weighted by Gasteiger charge is 2.19. The molecule has 0 radical (unpaired) electrons. The van der Waals surface area contributed by atoms with Crippen molar-refractivity contribution >= 4 is 5.96 Å². The fourth-order valence-corrected chi connectivity index (χ4v) is 3.35. The van der Waals surface area contributed by atoms with Crippen LogP contribution in [0.4, 0.5) is 0 Å². The van der Waals surface area contributed by atoms with E-state index in [-0.39, 0.29) is 0 Å². The minimum atomic E-state index is 0.473. The summed E-state index contributed by atoms with van der Waals surface area (Å²) < 4.78 is 1.99. The molecule has 0 aliphatic carbocycles. The summed E-state index contributed by atoms with van der Waals surface area (Å²) in [7, 11) is 1.81. The van der Waals surface area contributed by atoms with Gasteiger partial charge < -0.3 is 15.5 Å². The van der Waals surface area contributed by atoms with Gasteiger partial charge in [-0.15, -0.1) is 10.2 Å². The van der Waals surface area contributed by atoms with E-state index in [1.165, 1.54) is 13.0 Å². The molecule has 1 aromatic heterocycles. The van der Waals surface area contributed by atoms with Gasteiger partial charge in [0.1, 0.15) is 6.33 Å². The summed E-state index contributed by atoms with van der Waals surface area (Å²) in [5, 5.41) is 15.2. The van der Waals surface area contributed by atoms with Crippen molar-refractivity contribution in [2.24, 2.45) is 4.99 Å². The lowest BCUT2D eigenvalue weighted by atomic mass is 10.1. The molecule has 1 aliphatic heterocycles. The molecule has 1 aromatic carbocycles. The number of nitrogens with zero attached hydrogens (tertiary/aromatic N) is 5. The van der Waals surface area contributed by atoms with E-state index in [0.717, 1.165) is 43.4 Å². The second-order valence-electron chi connectivity index (χ2n) is 6.64. The SMILES string of the molecule is CCCN1CCC(NC(=NC)NCc2nncn2-c2ccccc2)CC1. The molecule has 7 heteroatoms. The first kappa shape index (κ1) is 18.4. The van der Waals surface area contributed by atoms with Crippen LogP contribution < -0.4 is 10.6 Å². The van der Waals surface area contributed by atoms with Crippen LogP contribution in [0.5, 0.6) is 0 Å². The predicted molar refractivity (Wildman–Crippen MR) is 104 cm³/mol. The summed E-state index contributed by atoms with van der Waals surface area (Å²) in [6, 6.07) is 10.6. The number of benzene rings is 1. The molecule has 3 rings (SSSR count). The number of hydrogen-bond acceptors (Lipinski definition) is 4. The molecular formula is C19H29N7. The number of piperidine rings is 1. The van der Waals surface area contributed by atoms with Gasteiger partial charge in [0, 0.05) is 31.9 Å². The van der Waals surface area contributed by atoms with Gasteiger partial charge in [0.25, 0.3) is 0 Å². The Balaban J connectivity index is 1.52. The Bertz CT molecular complexity index is 687. The Labute approximate surface area is 155 Å². The number of rotatable bonds is 6. The summed E-state index contributed by atoms with van der Waals surface area (Å²) in [4.78, 5) is 6.90. The van der Waals surface area contributed by atoms with Crippen molar-refractivity contribution in [1.29, 1.82) is 0 Å². The lowest BCUT2D eigenvalue weighted by Gasteiger charge is -2.32. The average molecular weight is 355 g/mol. The first-order valence-electron chi connectivity index (χ1n) is 9.44. The maximum absolute atomic E-state index is 4.36. The number of guanidine groups is 1. The Morgan fingerprint density at radius 1 is 1.23 bits per heavy atom. The minimum absolute atomic E-state index is 0.473. The van der Waals surface area contributed by atoms with Crippen LogP contribution in [0.15, 0.2) is 41.7 Å². The topological polar surface area (TPSA) is 70.4 Å². The number of likely N-dealkylation sites (tertiary alicyclic amines) is 1. The molecule has 0 unspecified atom stereocenters. The van der Waals surface area contributed by atoms with E-state index in [0.29, 0.717) is 12.6 Å². The molecule has 1 fully saturated rings. The van der Waals surface area contributed by atoms with Crippen molar-refractivity contribution in [3.8, 4) is 5.69 Å². The Morgan fingerprint density at radius 3 is 2.69 bits per heavy atom. The lowest BCUT2D eigenvalue weighted by molar-refractivity contribution is 0.206. The first-order chi connectivity index (χ1) is 12.8. The molecule has 2 aromatic rings. The zero-order valence-electron chi connectivity index (χ0n) is 15.7. The van der Waals surface area contributed by atoms with Crippen LogP contribution in [-0.2, 0) is 6.54 Å². The van der Waals surface area contributed by atoms with Crippen LogP contribution in [0.3, 0.4) is 0 Å². The number of nitrogens with one attached hydrogen (secondary N) is 2. The highest BCUT2D eigenvalue weighted by Crippen LogP contribution is 2.11. The van der Waals surface area contributed by atoms with E-state index < -0.39 is 0 Å². The fraction of sp³-hybridized carbons (Fsp3) is 0.526. The van der Waals surface area contributed by atoms with Crippen LogP contribution in [0.1, 0.15) is 32.0 Å². The van der Waals surface area contributed by atoms with Gasteiger partial charge >= 0.3 is 0 Å². The highest BCUT2D eigenvalue weighted by molar-refractivity contribution is 5.79. The average Bonchev–Trinajstić information content (AvgIpc) is 3.16. The molecular weight excluding hydrogens is 326 g/mol. The molecule has 2 heterocycles. The van der Waals surface area contributed by atoms with Gasteiger partial charge in [-0.1, -0.05) is 25.1 Å². The molecule has 0 saturated carbocycles. The van der Waals surface area contributed by atoms with Crippen LogP contribution in [0, 0.1) is 0 Å². The largest absolute Gasteiger partial charge is 0.354 e. The summed E-state index contributed by atoms with van der Waals surface area (Å²) in [5.41, 5.74) is 1.06. The predicted octanol–water partition coefficient (Wildman–Crippen LogP) is 1.81. The standard InChI is InChI=1S/C19H29N7/c1-3-11-25-12-9-16(10-13-25)23-19(20-2)21-14-18-24-22-15-26(18)17-7-5-4-6-8-17/h4-8,15-16H,3,9-14H2,1-2H3,(H2,20,21,23). The monoisotopic (exact) mass is 355 g/mol. The molecule has 0 atom stereocenters. The van der Waals surface area contributed by atoms with Crippen molar-refractivity contribution < 1.29 is 0 Å². The summed E-state index contributed by atoms with van der Waals surface area (Å²) in [6.07, 6.45) is 5.28. The van der Waals surface area contributed by atoms with Crippen molar-refractivity contribution in [3.63, 3.8) is 0 Å². The number of para-hydroxylation sites is 1. The number of aliphatic imine (C=N–C) groups is 1. The van der Waals surface area contributed by atoms with E-state index in [2.05, 4.69) is 37.6 Å². The van der Waals surface area contributed by atoms with E-state index in [9.17, 15) is 0 Å². The fourth-order valence-electron chi connectivity index (χ4n) is 3.35. The minimum Gasteiger partial charge on any atom is -0.354 e. The van der Waals surface area contributed by atoms with E-state index in [4.69, 9.17) is 0 Å². The second kappa shape index (κ2) is 9.33. The Kier molecular flexibility index (Phi) is 6.60. The zero-order chi connectivity index (χ0) is 18.2. The molecule has 140 valence electrons. The third kappa shape index (κ3) is 4.82. The normalized spacial score (nSPS) is 16.6. The highest BCUT2D eigenvalue weighted by atomic mass is 15.3. The third-order valence-corrected chi connectivity index (χ3v) is 4.76. The van der Waals surface area contributed by atoms with Crippen LogP contribution in [-0.4, -0.2) is 58.3 Å². The Morgan fingerprint density at radius 2 is 2.00 bits per heavy atom. The van der Waals surface area contributed by atoms with E-state index in [1.807, 2.05) is 41.9 Å². The smallest absolute Gasteiger partial charge is 0.191 e. The molecule has 7 nitrogen and oxygen atoms in total. The summed E-state index contributed by atoms with van der Waals surface area (Å²) in [5.74, 6) is 1.68. The maximum Gasteiger partial charge on any atom is 0.191 e. The zero-order valence-corrected chi connectivity index (χ0v) is 15.7. The third-order valence-electron chi connectivity index (χ3n) is 4.76. The Hall–Kier alpha value is -2.41. The van der Waals surface area contributed by atoms with Crippen molar-refractivity contribution in [1.82, 2.24) is 30.3 Å². The van der Waals surface area contributed by atoms with E-state index >= 15 is 0 Å². The summed E-state index contributed by atoms with van der Waals surface area (Å²) in [6.45, 7) is 6.33. The molecule has 0 amide bonds. The van der Waals surface area contributed by atoms with Crippen molar-refractivity contribution in [2.75, 3.05) is 26.7 Å². The van der Waals surface area contributed by atoms with Gasteiger partial charge in [-0.3, -0.25) is 9.56 Å². The van der Waals surface area contributed by atoms with Crippen molar-refractivity contribution in [3.05, 3.63) is 42.5 Å². The maximum atomic E-state index is 4.36. The molecule has 1 aliphatic rings. The van der Waals surface area contributed by atoms with Crippen molar-refractivity contribution in [2.45, 2.75) is 38.8 Å². The van der Waals surface area contributed by atoms with Gasteiger partial charge in [0.15, 0.2) is 11.8 Å². The van der Waals surface area contributed by atoms with Gasteiger partial charge in [-0.05, 0) is 37.9 Å². The van der Waals surface area contributed by atoms with Crippen LogP contribution >= 0.6 is 0 Å². The lowest BCUT2D eigenvalue weighted by Crippen LogP contribution is -2.48. The van der Waals surface area contributed by atoms with Crippen LogP contribution in [0.2, 0.25) is 0 Å². The molecule has 1 saturated heterocycles. The summed E-state index contributed by atoms with van der Waals surface area (Å²) >= 11 is 0. The van der Waals surface area contributed by atoms with Gasteiger partial charge in [0.2, 0.25) is 0 Å². The quantitative estimate of drug-likeness (QED) is 0.611. The molecule has 2 N–H and O–H groups in total. The van der Waals surface area contributed by atoms with E-state index in [1.54, 1.807) is 6.33 Å². The number of hydrogen-bond donors (Lipinski definition) is 2. The van der Waals surface area contributed by atoms with Gasteiger partial charge in [0.05, 0.1) is 6.54 Å². The molecule has 0 bridgehead atoms. The van der Waals surface area contributed by atoms with Gasteiger partial charge in [-0.25, -0.2) is 0 Å². The van der Waals surface area contributed by atoms with Crippen LogP contribution in [0.25, 0.3) is 5.69 Å². The number of aromatic nitrogens is 3. The molecule has 26 heavy (non-hydrogen) atoms. The van der Waals surface area contributed by atoms with Gasteiger partial charge in [-0.2, -0.15) is 0 Å². The second-order valence-corrected chi connectivity index (χ2v) is 6.64. The molecule has 0 spiro atoms. The first-order valence-corrected chi connectivity index (χ1v) is 9.44.